The molecule has 0 spiro atoms. The van der Waals surface area contributed by atoms with Gasteiger partial charge < -0.3 is 16.0 Å². The first kappa shape index (κ1) is 12.5. The lowest BCUT2D eigenvalue weighted by Gasteiger charge is -2.25. The van der Waals surface area contributed by atoms with E-state index >= 15 is 0 Å². The summed E-state index contributed by atoms with van der Waals surface area (Å²) in [5.74, 6) is 0.0781. The van der Waals surface area contributed by atoms with Gasteiger partial charge in [0.15, 0.2) is 0 Å². The van der Waals surface area contributed by atoms with Gasteiger partial charge in [0.1, 0.15) is 0 Å². The average molecular weight is 213 g/mol. The first-order valence-electron chi connectivity index (χ1n) is 5.67. The largest absolute Gasteiger partial charge is 0.350 e. The van der Waals surface area contributed by atoms with E-state index in [2.05, 4.69) is 16.0 Å². The van der Waals surface area contributed by atoms with Gasteiger partial charge in [-0.3, -0.25) is 4.79 Å². The van der Waals surface area contributed by atoms with Crippen molar-refractivity contribution in [3.05, 3.63) is 0 Å². The van der Waals surface area contributed by atoms with E-state index < -0.39 is 0 Å². The molecule has 3 N–H and O–H groups in total. The molecule has 2 atom stereocenters. The molecule has 15 heavy (non-hydrogen) atoms. The molecule has 0 aromatic heterocycles. The lowest BCUT2D eigenvalue weighted by molar-refractivity contribution is -0.124. The molecule has 1 amide bonds. The van der Waals surface area contributed by atoms with Crippen LogP contribution >= 0.6 is 0 Å². The van der Waals surface area contributed by atoms with Crippen molar-refractivity contribution in [2.24, 2.45) is 0 Å². The second kappa shape index (κ2) is 4.94. The fourth-order valence-corrected chi connectivity index (χ4v) is 1.70. The molecule has 1 aliphatic heterocycles. The minimum atomic E-state index is -0.152. The number of amides is 1. The third-order valence-corrected chi connectivity index (χ3v) is 2.44. The van der Waals surface area contributed by atoms with Crippen LogP contribution < -0.4 is 16.0 Å². The summed E-state index contributed by atoms with van der Waals surface area (Å²) in [5.41, 5.74) is -0.152. The van der Waals surface area contributed by atoms with Crippen LogP contribution in [0.4, 0.5) is 0 Å². The van der Waals surface area contributed by atoms with Crippen molar-refractivity contribution in [3.63, 3.8) is 0 Å². The fourth-order valence-electron chi connectivity index (χ4n) is 1.70. The molecule has 1 heterocycles. The molecule has 0 radical (unpaired) electrons. The van der Waals surface area contributed by atoms with Gasteiger partial charge in [-0.2, -0.15) is 0 Å². The predicted octanol–water partition coefficient (Wildman–Crippen LogP) is 0.241. The van der Waals surface area contributed by atoms with Gasteiger partial charge in [-0.1, -0.05) is 0 Å². The van der Waals surface area contributed by atoms with Gasteiger partial charge in [-0.15, -0.1) is 0 Å². The van der Waals surface area contributed by atoms with Crippen LogP contribution in [0.5, 0.6) is 0 Å². The van der Waals surface area contributed by atoms with Crippen molar-refractivity contribution in [3.8, 4) is 0 Å². The Labute approximate surface area is 92.2 Å². The Hall–Kier alpha value is -0.610. The molecule has 0 saturated carbocycles. The van der Waals surface area contributed by atoms with E-state index in [0.717, 1.165) is 19.5 Å². The molecule has 4 heteroatoms. The number of carbonyl (C=O) groups is 1. The van der Waals surface area contributed by atoms with Crippen molar-refractivity contribution in [1.29, 1.82) is 0 Å². The summed E-state index contributed by atoms with van der Waals surface area (Å²) in [4.78, 5) is 11.8. The van der Waals surface area contributed by atoms with Crippen LogP contribution in [0.3, 0.4) is 0 Å². The lowest BCUT2D eigenvalue weighted by atomic mass is 10.1. The van der Waals surface area contributed by atoms with Gasteiger partial charge in [-0.25, -0.2) is 0 Å². The Bertz CT molecular complexity index is 216. The first-order chi connectivity index (χ1) is 6.88. The standard InChI is InChI=1S/C11H23N3O/c1-8(10(15)14-11(2,3)4)13-9-5-6-12-7-9/h8-9,12-13H,5-7H2,1-4H3,(H,14,15). The number of carbonyl (C=O) groups excluding carboxylic acids is 1. The van der Waals surface area contributed by atoms with Crippen LogP contribution in [0.25, 0.3) is 0 Å². The highest BCUT2D eigenvalue weighted by atomic mass is 16.2. The lowest BCUT2D eigenvalue weighted by Crippen LogP contribution is -2.52. The summed E-state index contributed by atoms with van der Waals surface area (Å²) < 4.78 is 0. The first-order valence-corrected chi connectivity index (χ1v) is 5.67. The highest BCUT2D eigenvalue weighted by molar-refractivity contribution is 5.81. The monoisotopic (exact) mass is 213 g/mol. The van der Waals surface area contributed by atoms with Gasteiger partial charge in [-0.05, 0) is 40.7 Å². The summed E-state index contributed by atoms with van der Waals surface area (Å²) in [7, 11) is 0. The maximum Gasteiger partial charge on any atom is 0.237 e. The second-order valence-electron chi connectivity index (χ2n) is 5.32. The number of hydrogen-bond acceptors (Lipinski definition) is 3. The van der Waals surface area contributed by atoms with Crippen LogP contribution in [-0.4, -0.2) is 36.6 Å². The predicted molar refractivity (Wildman–Crippen MR) is 61.8 cm³/mol. The van der Waals surface area contributed by atoms with Gasteiger partial charge in [0.05, 0.1) is 6.04 Å². The van der Waals surface area contributed by atoms with Gasteiger partial charge in [0.2, 0.25) is 5.91 Å². The molecular weight excluding hydrogens is 190 g/mol. The number of hydrogen-bond donors (Lipinski definition) is 3. The Balaban J connectivity index is 2.32. The molecule has 1 fully saturated rings. The maximum atomic E-state index is 11.8. The summed E-state index contributed by atoms with van der Waals surface area (Å²) in [6.07, 6.45) is 1.10. The van der Waals surface area contributed by atoms with E-state index in [1.54, 1.807) is 0 Å². The number of nitrogens with one attached hydrogen (secondary N) is 3. The van der Waals surface area contributed by atoms with E-state index in [0.29, 0.717) is 6.04 Å². The van der Waals surface area contributed by atoms with Crippen LogP contribution in [0.2, 0.25) is 0 Å². The van der Waals surface area contributed by atoms with E-state index in [4.69, 9.17) is 0 Å². The Morgan fingerprint density at radius 3 is 2.60 bits per heavy atom. The van der Waals surface area contributed by atoms with Crippen LogP contribution in [0.15, 0.2) is 0 Å². The SMILES string of the molecule is CC(NC1CCNC1)C(=O)NC(C)(C)C. The Kier molecular flexibility index (Phi) is 4.11. The second-order valence-corrected chi connectivity index (χ2v) is 5.32. The zero-order chi connectivity index (χ0) is 11.5. The number of rotatable bonds is 3. The van der Waals surface area contributed by atoms with Crippen molar-refractivity contribution < 1.29 is 4.79 Å². The third kappa shape index (κ3) is 4.62. The van der Waals surface area contributed by atoms with Crippen molar-refractivity contribution in [2.45, 2.75) is 51.7 Å². The molecule has 0 aromatic rings. The minimum Gasteiger partial charge on any atom is -0.350 e. The van der Waals surface area contributed by atoms with E-state index in [1.807, 2.05) is 27.7 Å². The molecule has 88 valence electrons. The highest BCUT2D eigenvalue weighted by Crippen LogP contribution is 2.02. The molecule has 1 saturated heterocycles. The molecule has 0 aliphatic carbocycles. The highest BCUT2D eigenvalue weighted by Gasteiger charge is 2.22. The fraction of sp³-hybridized carbons (Fsp3) is 0.909. The van der Waals surface area contributed by atoms with Crippen molar-refractivity contribution >= 4 is 5.91 Å². The molecule has 0 aromatic carbocycles. The van der Waals surface area contributed by atoms with Crippen LogP contribution in [0.1, 0.15) is 34.1 Å². The Morgan fingerprint density at radius 2 is 2.13 bits per heavy atom. The molecule has 4 nitrogen and oxygen atoms in total. The van der Waals surface area contributed by atoms with Crippen molar-refractivity contribution in [1.82, 2.24) is 16.0 Å². The zero-order valence-corrected chi connectivity index (χ0v) is 10.2. The van der Waals surface area contributed by atoms with Crippen LogP contribution in [0, 0.1) is 0 Å². The van der Waals surface area contributed by atoms with Gasteiger partial charge in [0.25, 0.3) is 0 Å². The summed E-state index contributed by atoms with van der Waals surface area (Å²) >= 11 is 0. The minimum absolute atomic E-state index is 0.0781. The summed E-state index contributed by atoms with van der Waals surface area (Å²) in [6, 6.07) is 0.319. The van der Waals surface area contributed by atoms with Gasteiger partial charge >= 0.3 is 0 Å². The van der Waals surface area contributed by atoms with Gasteiger partial charge in [0, 0.05) is 18.1 Å². The quantitative estimate of drug-likeness (QED) is 0.629. The van der Waals surface area contributed by atoms with E-state index in [-0.39, 0.29) is 17.5 Å². The average Bonchev–Trinajstić information content (AvgIpc) is 2.53. The topological polar surface area (TPSA) is 53.2 Å². The maximum absolute atomic E-state index is 11.8. The third-order valence-electron chi connectivity index (χ3n) is 2.44. The Morgan fingerprint density at radius 1 is 1.47 bits per heavy atom. The smallest absolute Gasteiger partial charge is 0.237 e. The molecular formula is C11H23N3O. The summed E-state index contributed by atoms with van der Waals surface area (Å²) in [5, 5.41) is 9.57. The molecule has 2 unspecified atom stereocenters. The molecule has 1 aliphatic rings. The molecule has 1 rings (SSSR count). The van der Waals surface area contributed by atoms with Crippen LogP contribution in [-0.2, 0) is 4.79 Å². The summed E-state index contributed by atoms with van der Waals surface area (Å²) in [6.45, 7) is 9.91. The van der Waals surface area contributed by atoms with E-state index in [1.165, 1.54) is 0 Å². The normalized spacial score (nSPS) is 23.9. The van der Waals surface area contributed by atoms with E-state index in [9.17, 15) is 4.79 Å². The molecule has 0 bridgehead atoms. The van der Waals surface area contributed by atoms with Crippen molar-refractivity contribution in [2.75, 3.05) is 13.1 Å². The zero-order valence-electron chi connectivity index (χ0n) is 10.2.